The van der Waals surface area contributed by atoms with E-state index >= 15 is 0 Å². The highest BCUT2D eigenvalue weighted by Crippen LogP contribution is 1.78. The lowest BCUT2D eigenvalue weighted by Crippen LogP contribution is -2.18. The molecule has 0 amide bonds. The molecular weight excluding hydrogens is 114 g/mol. The van der Waals surface area contributed by atoms with Gasteiger partial charge >= 0.3 is 0 Å². The van der Waals surface area contributed by atoms with Crippen LogP contribution in [0.4, 0.5) is 0 Å². The first-order valence-electron chi connectivity index (χ1n) is 3.45. The summed E-state index contributed by atoms with van der Waals surface area (Å²) in [6.07, 6.45) is 4.11. The molecule has 0 saturated carbocycles. The predicted molar refractivity (Wildman–Crippen MR) is 38.6 cm³/mol. The van der Waals surface area contributed by atoms with Crippen LogP contribution >= 0.6 is 0 Å². The van der Waals surface area contributed by atoms with Crippen LogP contribution in [0.15, 0.2) is 5.10 Å². The van der Waals surface area contributed by atoms with Gasteiger partial charge in [-0.25, -0.2) is 0 Å². The monoisotopic (exact) mass is 127 g/mol. The zero-order chi connectivity index (χ0) is 6.36. The molecule has 9 heavy (non-hydrogen) atoms. The van der Waals surface area contributed by atoms with Crippen molar-refractivity contribution >= 4 is 6.21 Å². The summed E-state index contributed by atoms with van der Waals surface area (Å²) in [5.74, 6) is 0. The summed E-state index contributed by atoms with van der Waals surface area (Å²) in [6, 6.07) is 0. The van der Waals surface area contributed by atoms with Gasteiger partial charge in [0.15, 0.2) is 0 Å². The number of hydrogen-bond donors (Lipinski definition) is 2. The quantitative estimate of drug-likeness (QED) is 0.478. The Morgan fingerprint density at radius 3 is 3.22 bits per heavy atom. The fourth-order valence-electron chi connectivity index (χ4n) is 0.778. The molecule has 0 aliphatic carbocycles. The molecule has 1 heterocycles. The van der Waals surface area contributed by atoms with Crippen molar-refractivity contribution in [1.82, 2.24) is 10.7 Å². The molecular formula is C6H13N3. The average Bonchev–Trinajstić information content (AvgIpc) is 2.00. The SMILES string of the molecule is C1=NNCCCNCC1. The van der Waals surface area contributed by atoms with Gasteiger partial charge in [0.2, 0.25) is 0 Å². The number of nitrogens with zero attached hydrogens (tertiary/aromatic N) is 1. The number of rotatable bonds is 0. The third-order valence-corrected chi connectivity index (χ3v) is 1.27. The molecule has 0 unspecified atom stereocenters. The summed E-state index contributed by atoms with van der Waals surface area (Å²) in [5.41, 5.74) is 2.96. The summed E-state index contributed by atoms with van der Waals surface area (Å²) in [4.78, 5) is 0. The zero-order valence-corrected chi connectivity index (χ0v) is 5.56. The van der Waals surface area contributed by atoms with E-state index in [4.69, 9.17) is 0 Å². The molecule has 0 saturated heterocycles. The van der Waals surface area contributed by atoms with Crippen LogP contribution in [0.3, 0.4) is 0 Å². The predicted octanol–water partition coefficient (Wildman–Crippen LogP) is -0.0548. The fraction of sp³-hybridized carbons (Fsp3) is 0.833. The topological polar surface area (TPSA) is 36.4 Å². The summed E-state index contributed by atoms with van der Waals surface area (Å²) in [7, 11) is 0. The molecule has 3 heteroatoms. The molecule has 0 aromatic heterocycles. The van der Waals surface area contributed by atoms with E-state index in [1.807, 2.05) is 6.21 Å². The maximum absolute atomic E-state index is 3.98. The molecule has 0 aromatic carbocycles. The van der Waals surface area contributed by atoms with Crippen molar-refractivity contribution in [2.75, 3.05) is 19.6 Å². The summed E-state index contributed by atoms with van der Waals surface area (Å²) in [5, 5.41) is 7.27. The van der Waals surface area contributed by atoms with Crippen LogP contribution < -0.4 is 10.7 Å². The molecule has 52 valence electrons. The zero-order valence-electron chi connectivity index (χ0n) is 5.56. The van der Waals surface area contributed by atoms with E-state index in [-0.39, 0.29) is 0 Å². The van der Waals surface area contributed by atoms with Crippen molar-refractivity contribution in [3.05, 3.63) is 0 Å². The second-order valence-electron chi connectivity index (χ2n) is 2.11. The third-order valence-electron chi connectivity index (χ3n) is 1.27. The van der Waals surface area contributed by atoms with Crippen LogP contribution in [-0.4, -0.2) is 25.8 Å². The van der Waals surface area contributed by atoms with Gasteiger partial charge in [-0.1, -0.05) is 0 Å². The number of hydrogen-bond acceptors (Lipinski definition) is 3. The van der Waals surface area contributed by atoms with Crippen LogP contribution in [0.5, 0.6) is 0 Å². The second-order valence-corrected chi connectivity index (χ2v) is 2.11. The van der Waals surface area contributed by atoms with Gasteiger partial charge in [-0.05, 0) is 19.4 Å². The van der Waals surface area contributed by atoms with Crippen LogP contribution in [0, 0.1) is 0 Å². The Labute approximate surface area is 55.5 Å². The van der Waals surface area contributed by atoms with Crippen molar-refractivity contribution in [1.29, 1.82) is 0 Å². The Morgan fingerprint density at radius 2 is 2.22 bits per heavy atom. The van der Waals surface area contributed by atoms with Gasteiger partial charge < -0.3 is 10.7 Å². The van der Waals surface area contributed by atoms with Gasteiger partial charge in [0, 0.05) is 19.3 Å². The number of hydrazone groups is 1. The first-order chi connectivity index (χ1) is 4.50. The van der Waals surface area contributed by atoms with Crippen LogP contribution in [-0.2, 0) is 0 Å². The normalized spacial score (nSPS) is 21.3. The second kappa shape index (κ2) is 4.32. The molecule has 3 nitrogen and oxygen atoms in total. The van der Waals surface area contributed by atoms with Crippen molar-refractivity contribution < 1.29 is 0 Å². The minimum absolute atomic E-state index is 0.990. The Hall–Kier alpha value is -0.570. The molecule has 1 rings (SSSR count). The first kappa shape index (κ1) is 6.55. The molecule has 1 aliphatic heterocycles. The van der Waals surface area contributed by atoms with Crippen LogP contribution in [0.25, 0.3) is 0 Å². The van der Waals surface area contributed by atoms with Gasteiger partial charge in [-0.2, -0.15) is 5.10 Å². The molecule has 1 aliphatic rings. The van der Waals surface area contributed by atoms with E-state index in [9.17, 15) is 0 Å². The van der Waals surface area contributed by atoms with Gasteiger partial charge in [-0.3, -0.25) is 0 Å². The van der Waals surface area contributed by atoms with E-state index in [0.29, 0.717) is 0 Å². The molecule has 0 spiro atoms. The van der Waals surface area contributed by atoms with Gasteiger partial charge in [0.1, 0.15) is 0 Å². The van der Waals surface area contributed by atoms with Gasteiger partial charge in [0.05, 0.1) is 0 Å². The van der Waals surface area contributed by atoms with Crippen molar-refractivity contribution in [3.63, 3.8) is 0 Å². The lowest BCUT2D eigenvalue weighted by Gasteiger charge is -1.98. The summed E-state index contributed by atoms with van der Waals surface area (Å²) >= 11 is 0. The smallest absolute Gasteiger partial charge is 0.0341 e. The molecule has 0 aromatic rings. The van der Waals surface area contributed by atoms with E-state index in [0.717, 1.165) is 32.5 Å². The Balaban J connectivity index is 2.15. The van der Waals surface area contributed by atoms with Crippen molar-refractivity contribution in [3.8, 4) is 0 Å². The van der Waals surface area contributed by atoms with Crippen molar-refractivity contribution in [2.24, 2.45) is 5.10 Å². The lowest BCUT2D eigenvalue weighted by molar-refractivity contribution is 0.631. The Kier molecular flexibility index (Phi) is 3.15. The van der Waals surface area contributed by atoms with Crippen LogP contribution in [0.2, 0.25) is 0 Å². The highest BCUT2D eigenvalue weighted by molar-refractivity contribution is 5.56. The maximum atomic E-state index is 3.98. The fourth-order valence-corrected chi connectivity index (χ4v) is 0.778. The minimum Gasteiger partial charge on any atom is -0.316 e. The molecule has 0 atom stereocenters. The minimum atomic E-state index is 0.990. The van der Waals surface area contributed by atoms with Crippen LogP contribution in [0.1, 0.15) is 12.8 Å². The molecule has 0 bridgehead atoms. The van der Waals surface area contributed by atoms with E-state index in [2.05, 4.69) is 15.8 Å². The summed E-state index contributed by atoms with van der Waals surface area (Å²) < 4.78 is 0. The number of nitrogens with one attached hydrogen (secondary N) is 2. The third kappa shape index (κ3) is 3.08. The lowest BCUT2D eigenvalue weighted by atomic mass is 10.4. The Morgan fingerprint density at radius 1 is 1.22 bits per heavy atom. The summed E-state index contributed by atoms with van der Waals surface area (Å²) in [6.45, 7) is 3.16. The first-order valence-corrected chi connectivity index (χ1v) is 3.45. The molecule has 0 fully saturated rings. The molecule has 0 radical (unpaired) electrons. The Bertz CT molecular complexity index is 80.3. The van der Waals surface area contributed by atoms with E-state index < -0.39 is 0 Å². The standard InChI is InChI=1S/C6H13N3/c1-3-7-4-2-6-9-8-5-1/h5,7,9H,1-4,6H2. The highest BCUT2D eigenvalue weighted by atomic mass is 15.3. The van der Waals surface area contributed by atoms with Crippen molar-refractivity contribution in [2.45, 2.75) is 12.8 Å². The maximum Gasteiger partial charge on any atom is 0.0341 e. The van der Waals surface area contributed by atoms with Gasteiger partial charge in [0.25, 0.3) is 0 Å². The van der Waals surface area contributed by atoms with E-state index in [1.165, 1.54) is 0 Å². The average molecular weight is 127 g/mol. The van der Waals surface area contributed by atoms with E-state index in [1.54, 1.807) is 0 Å². The largest absolute Gasteiger partial charge is 0.316 e. The highest BCUT2D eigenvalue weighted by Gasteiger charge is 1.88. The van der Waals surface area contributed by atoms with Gasteiger partial charge in [-0.15, -0.1) is 0 Å². The molecule has 2 N–H and O–H groups in total.